The Morgan fingerprint density at radius 2 is 1.72 bits per heavy atom. The third-order valence-electron chi connectivity index (χ3n) is 4.43. The van der Waals surface area contributed by atoms with Crippen LogP contribution in [-0.4, -0.2) is 12.3 Å². The second-order valence-corrected chi connectivity index (χ2v) is 6.85. The van der Waals surface area contributed by atoms with Gasteiger partial charge in [-0.3, -0.25) is 0 Å². The van der Waals surface area contributed by atoms with E-state index in [0.29, 0.717) is 0 Å². The molecule has 2 rings (SSSR count). The molecule has 0 saturated carbocycles. The average Bonchev–Trinajstić information content (AvgIpc) is 2.62. The van der Waals surface area contributed by atoms with Crippen molar-refractivity contribution in [3.8, 4) is 0 Å². The van der Waals surface area contributed by atoms with Crippen molar-refractivity contribution in [2.45, 2.75) is 52.9 Å². The highest BCUT2D eigenvalue weighted by Crippen LogP contribution is 2.27. The number of ether oxygens (including phenoxy) is 1. The van der Waals surface area contributed by atoms with Gasteiger partial charge in [0.1, 0.15) is 6.23 Å². The van der Waals surface area contributed by atoms with Gasteiger partial charge in [-0.1, -0.05) is 50.2 Å². The standard InChI is InChI=1S/C22H28ClNO/c1-6-16(4)25-22(7-2)24-21-13-10-19(14-15(21)3)17(5)18-8-11-20(23)12-9-18/h8-14,16,22,24H,5-7H2,1-4H3. The number of anilines is 1. The van der Waals surface area contributed by atoms with Crippen molar-refractivity contribution >= 4 is 22.9 Å². The van der Waals surface area contributed by atoms with E-state index in [1.54, 1.807) is 0 Å². The number of aryl methyl sites for hydroxylation is 1. The van der Waals surface area contributed by atoms with E-state index in [2.05, 4.69) is 57.8 Å². The topological polar surface area (TPSA) is 21.3 Å². The zero-order valence-electron chi connectivity index (χ0n) is 15.6. The summed E-state index contributed by atoms with van der Waals surface area (Å²) in [5, 5.41) is 4.24. The Labute approximate surface area is 156 Å². The van der Waals surface area contributed by atoms with Crippen molar-refractivity contribution in [2.24, 2.45) is 0 Å². The third-order valence-corrected chi connectivity index (χ3v) is 4.68. The molecule has 0 spiro atoms. The smallest absolute Gasteiger partial charge is 0.127 e. The van der Waals surface area contributed by atoms with Crippen molar-refractivity contribution in [1.82, 2.24) is 0 Å². The summed E-state index contributed by atoms with van der Waals surface area (Å²) in [6, 6.07) is 14.1. The van der Waals surface area contributed by atoms with E-state index in [-0.39, 0.29) is 12.3 Å². The Balaban J connectivity index is 2.14. The lowest BCUT2D eigenvalue weighted by molar-refractivity contribution is 0.0102. The Morgan fingerprint density at radius 1 is 1.08 bits per heavy atom. The van der Waals surface area contributed by atoms with Crippen LogP contribution >= 0.6 is 11.6 Å². The molecule has 0 aromatic heterocycles. The predicted octanol–water partition coefficient (Wildman–Crippen LogP) is 6.67. The summed E-state index contributed by atoms with van der Waals surface area (Å²) >= 11 is 5.97. The Kier molecular flexibility index (Phi) is 7.10. The molecule has 1 N–H and O–H groups in total. The van der Waals surface area contributed by atoms with Gasteiger partial charge in [0.2, 0.25) is 0 Å². The van der Waals surface area contributed by atoms with Crippen LogP contribution in [0.3, 0.4) is 0 Å². The van der Waals surface area contributed by atoms with Crippen LogP contribution in [0.25, 0.3) is 5.57 Å². The number of hydrogen-bond acceptors (Lipinski definition) is 2. The maximum atomic E-state index is 6.02. The molecule has 134 valence electrons. The lowest BCUT2D eigenvalue weighted by Crippen LogP contribution is -2.27. The highest BCUT2D eigenvalue weighted by Gasteiger charge is 2.12. The van der Waals surface area contributed by atoms with E-state index < -0.39 is 0 Å². The van der Waals surface area contributed by atoms with Gasteiger partial charge in [0.25, 0.3) is 0 Å². The van der Waals surface area contributed by atoms with Gasteiger partial charge in [-0.15, -0.1) is 0 Å². The van der Waals surface area contributed by atoms with Crippen molar-refractivity contribution in [2.75, 3.05) is 5.32 Å². The predicted molar refractivity (Wildman–Crippen MR) is 109 cm³/mol. The molecule has 0 fully saturated rings. The van der Waals surface area contributed by atoms with Gasteiger partial charge in [-0.25, -0.2) is 0 Å². The zero-order valence-corrected chi connectivity index (χ0v) is 16.4. The quantitative estimate of drug-likeness (QED) is 0.532. The molecular weight excluding hydrogens is 330 g/mol. The molecule has 0 saturated heterocycles. The van der Waals surface area contributed by atoms with E-state index >= 15 is 0 Å². The minimum Gasteiger partial charge on any atom is -0.360 e. The maximum Gasteiger partial charge on any atom is 0.127 e. The summed E-state index contributed by atoms with van der Waals surface area (Å²) in [4.78, 5) is 0. The van der Waals surface area contributed by atoms with E-state index in [1.807, 2.05) is 24.3 Å². The molecule has 2 atom stereocenters. The normalized spacial score (nSPS) is 13.3. The molecular formula is C22H28ClNO. The van der Waals surface area contributed by atoms with Crippen LogP contribution in [0.15, 0.2) is 49.0 Å². The average molecular weight is 358 g/mol. The first-order chi connectivity index (χ1) is 11.9. The minimum atomic E-state index is 0.0268. The van der Waals surface area contributed by atoms with Gasteiger partial charge in [-0.05, 0) is 73.2 Å². The first-order valence-corrected chi connectivity index (χ1v) is 9.30. The molecule has 3 heteroatoms. The largest absolute Gasteiger partial charge is 0.360 e. The first kappa shape index (κ1) is 19.6. The molecule has 0 heterocycles. The zero-order chi connectivity index (χ0) is 18.4. The second-order valence-electron chi connectivity index (χ2n) is 6.41. The molecule has 0 radical (unpaired) electrons. The summed E-state index contributed by atoms with van der Waals surface area (Å²) in [6.45, 7) is 12.7. The SMILES string of the molecule is C=C(c1ccc(Cl)cc1)c1ccc(NC(CC)OC(C)CC)c(C)c1. The molecule has 2 unspecified atom stereocenters. The summed E-state index contributed by atoms with van der Waals surface area (Å²) in [6.07, 6.45) is 2.21. The Morgan fingerprint density at radius 3 is 2.28 bits per heavy atom. The fourth-order valence-corrected chi connectivity index (χ4v) is 2.74. The van der Waals surface area contributed by atoms with E-state index in [4.69, 9.17) is 16.3 Å². The van der Waals surface area contributed by atoms with Gasteiger partial charge in [0, 0.05) is 10.7 Å². The highest BCUT2D eigenvalue weighted by molar-refractivity contribution is 6.30. The monoisotopic (exact) mass is 357 g/mol. The maximum absolute atomic E-state index is 6.02. The fraction of sp³-hybridized carbons (Fsp3) is 0.364. The minimum absolute atomic E-state index is 0.0268. The molecule has 2 nitrogen and oxygen atoms in total. The van der Waals surface area contributed by atoms with Gasteiger partial charge in [-0.2, -0.15) is 0 Å². The van der Waals surface area contributed by atoms with Crippen LogP contribution in [0.1, 0.15) is 50.3 Å². The van der Waals surface area contributed by atoms with Crippen LogP contribution < -0.4 is 5.32 Å². The van der Waals surface area contributed by atoms with Gasteiger partial charge >= 0.3 is 0 Å². The molecule has 0 aliphatic rings. The van der Waals surface area contributed by atoms with Crippen LogP contribution in [0.2, 0.25) is 5.02 Å². The van der Waals surface area contributed by atoms with Gasteiger partial charge in [0.15, 0.2) is 0 Å². The van der Waals surface area contributed by atoms with Crippen molar-refractivity contribution in [3.05, 3.63) is 70.8 Å². The summed E-state index contributed by atoms with van der Waals surface area (Å²) in [5.74, 6) is 0. The Bertz CT molecular complexity index is 708. The molecule has 0 aliphatic heterocycles. The lowest BCUT2D eigenvalue weighted by Gasteiger charge is -2.24. The number of benzene rings is 2. The van der Waals surface area contributed by atoms with Crippen LogP contribution in [-0.2, 0) is 4.74 Å². The molecule has 0 amide bonds. The lowest BCUT2D eigenvalue weighted by atomic mass is 9.97. The van der Waals surface area contributed by atoms with Crippen molar-refractivity contribution in [3.63, 3.8) is 0 Å². The van der Waals surface area contributed by atoms with E-state index in [1.165, 1.54) is 5.56 Å². The second kappa shape index (κ2) is 9.07. The molecule has 2 aromatic rings. The van der Waals surface area contributed by atoms with Gasteiger partial charge in [0.05, 0.1) is 6.10 Å². The summed E-state index contributed by atoms with van der Waals surface area (Å²) in [7, 11) is 0. The molecule has 2 aromatic carbocycles. The van der Waals surface area contributed by atoms with Crippen LogP contribution in [0.4, 0.5) is 5.69 Å². The third kappa shape index (κ3) is 5.35. The van der Waals surface area contributed by atoms with Gasteiger partial charge < -0.3 is 10.1 Å². The van der Waals surface area contributed by atoms with E-state index in [9.17, 15) is 0 Å². The number of rotatable bonds is 8. The molecule has 0 aliphatic carbocycles. The van der Waals surface area contributed by atoms with Crippen LogP contribution in [0, 0.1) is 6.92 Å². The number of hydrogen-bond donors (Lipinski definition) is 1. The van der Waals surface area contributed by atoms with Crippen molar-refractivity contribution < 1.29 is 4.74 Å². The summed E-state index contributed by atoms with van der Waals surface area (Å²) < 4.78 is 6.02. The molecule has 25 heavy (non-hydrogen) atoms. The number of halogens is 1. The van der Waals surface area contributed by atoms with Crippen LogP contribution in [0.5, 0.6) is 0 Å². The first-order valence-electron chi connectivity index (χ1n) is 8.92. The number of nitrogens with one attached hydrogen (secondary N) is 1. The molecule has 0 bridgehead atoms. The van der Waals surface area contributed by atoms with E-state index in [0.717, 1.165) is 40.3 Å². The fourth-order valence-electron chi connectivity index (χ4n) is 2.61. The van der Waals surface area contributed by atoms with Crippen molar-refractivity contribution in [1.29, 1.82) is 0 Å². The summed E-state index contributed by atoms with van der Waals surface area (Å²) in [5.41, 5.74) is 5.47. The Hall–Kier alpha value is -1.77. The highest BCUT2D eigenvalue weighted by atomic mass is 35.5.